The fourth-order valence-electron chi connectivity index (χ4n) is 3.73. The number of nitrogens with one attached hydrogen (secondary N) is 1. The summed E-state index contributed by atoms with van der Waals surface area (Å²) in [5.74, 6) is 1.94. The van der Waals surface area contributed by atoms with Crippen molar-refractivity contribution in [3.8, 4) is 0 Å². The van der Waals surface area contributed by atoms with Crippen LogP contribution in [-0.4, -0.2) is 25.7 Å². The Balaban J connectivity index is 1.67. The molecule has 0 saturated carbocycles. The lowest BCUT2D eigenvalue weighted by molar-refractivity contribution is 0.530. The fourth-order valence-corrected chi connectivity index (χ4v) is 3.73. The molecule has 0 fully saturated rings. The molecule has 1 aliphatic carbocycles. The standard InChI is InChI=1S/C18H20N6/c1-2-6-13(7-3-1)12-20-17-22-18-21-15-9-5-4-8-14(15)16-19-10-11-23(17)24(16)18/h1-3,6-7,19H,4-5,8-12H2. The van der Waals surface area contributed by atoms with Crippen molar-refractivity contribution in [3.05, 3.63) is 52.8 Å². The minimum Gasteiger partial charge on any atom is -0.368 e. The van der Waals surface area contributed by atoms with Gasteiger partial charge < -0.3 is 5.32 Å². The van der Waals surface area contributed by atoms with E-state index >= 15 is 0 Å². The van der Waals surface area contributed by atoms with Crippen molar-refractivity contribution in [2.24, 2.45) is 4.99 Å². The van der Waals surface area contributed by atoms with Crippen LogP contribution in [0.2, 0.25) is 0 Å². The molecule has 0 spiro atoms. The Morgan fingerprint density at radius 2 is 1.96 bits per heavy atom. The van der Waals surface area contributed by atoms with Crippen LogP contribution in [0, 0.1) is 0 Å². The van der Waals surface area contributed by atoms with Crippen LogP contribution in [0.5, 0.6) is 0 Å². The summed E-state index contributed by atoms with van der Waals surface area (Å²) in [6.45, 7) is 2.42. The van der Waals surface area contributed by atoms with E-state index in [1.807, 2.05) is 18.2 Å². The van der Waals surface area contributed by atoms with Gasteiger partial charge in [0.2, 0.25) is 5.62 Å². The summed E-state index contributed by atoms with van der Waals surface area (Å²) in [5.41, 5.74) is 4.55. The monoisotopic (exact) mass is 320 g/mol. The molecule has 2 aliphatic rings. The molecule has 0 saturated heterocycles. The van der Waals surface area contributed by atoms with Gasteiger partial charge in [-0.2, -0.15) is 9.50 Å². The summed E-state index contributed by atoms with van der Waals surface area (Å²) in [6.07, 6.45) is 4.63. The molecule has 5 rings (SSSR count). The largest absolute Gasteiger partial charge is 0.368 e. The van der Waals surface area contributed by atoms with Crippen molar-refractivity contribution in [3.63, 3.8) is 0 Å². The van der Waals surface area contributed by atoms with E-state index in [-0.39, 0.29) is 0 Å². The highest BCUT2D eigenvalue weighted by molar-refractivity contribution is 5.54. The highest BCUT2D eigenvalue weighted by atomic mass is 15.5. The molecule has 1 aliphatic heterocycles. The van der Waals surface area contributed by atoms with Gasteiger partial charge >= 0.3 is 0 Å². The minimum atomic E-state index is 0.646. The van der Waals surface area contributed by atoms with E-state index < -0.39 is 0 Å². The van der Waals surface area contributed by atoms with E-state index in [1.165, 1.54) is 35.5 Å². The molecule has 0 bridgehead atoms. The number of aryl methyl sites for hydroxylation is 1. The van der Waals surface area contributed by atoms with Gasteiger partial charge in [0.05, 0.1) is 18.8 Å². The van der Waals surface area contributed by atoms with Crippen molar-refractivity contribution in [2.75, 3.05) is 11.9 Å². The maximum atomic E-state index is 4.83. The lowest BCUT2D eigenvalue weighted by Crippen LogP contribution is -2.32. The van der Waals surface area contributed by atoms with E-state index in [4.69, 9.17) is 15.0 Å². The molecule has 122 valence electrons. The Morgan fingerprint density at radius 3 is 2.88 bits per heavy atom. The molecule has 3 aromatic rings. The minimum absolute atomic E-state index is 0.646. The van der Waals surface area contributed by atoms with Crippen LogP contribution in [0.3, 0.4) is 0 Å². The van der Waals surface area contributed by atoms with Crippen molar-refractivity contribution < 1.29 is 0 Å². The van der Waals surface area contributed by atoms with E-state index in [0.29, 0.717) is 6.54 Å². The van der Waals surface area contributed by atoms with Crippen LogP contribution < -0.4 is 10.9 Å². The molecule has 0 amide bonds. The second-order valence-electron chi connectivity index (χ2n) is 6.47. The highest BCUT2D eigenvalue weighted by Crippen LogP contribution is 2.28. The molecule has 2 aromatic heterocycles. The van der Waals surface area contributed by atoms with Gasteiger partial charge in [0.1, 0.15) is 5.82 Å². The van der Waals surface area contributed by atoms with Crippen LogP contribution in [0.25, 0.3) is 5.78 Å². The normalized spacial score (nSPS) is 16.9. The van der Waals surface area contributed by atoms with Gasteiger partial charge in [0.15, 0.2) is 0 Å². The maximum Gasteiger partial charge on any atom is 0.254 e. The molecule has 0 radical (unpaired) electrons. The second kappa shape index (κ2) is 5.47. The highest BCUT2D eigenvalue weighted by Gasteiger charge is 2.23. The Kier molecular flexibility index (Phi) is 3.14. The topological polar surface area (TPSA) is 59.5 Å². The van der Waals surface area contributed by atoms with Crippen LogP contribution in [0.15, 0.2) is 35.3 Å². The molecule has 6 heteroatoms. The lowest BCUT2D eigenvalue weighted by atomic mass is 9.96. The number of nitrogens with zero attached hydrogens (tertiary/aromatic N) is 5. The van der Waals surface area contributed by atoms with Crippen LogP contribution >= 0.6 is 0 Å². The first-order chi connectivity index (χ1) is 11.9. The van der Waals surface area contributed by atoms with E-state index in [1.54, 1.807) is 0 Å². The van der Waals surface area contributed by atoms with Crippen molar-refractivity contribution in [2.45, 2.75) is 38.8 Å². The van der Waals surface area contributed by atoms with Crippen LogP contribution in [0.4, 0.5) is 5.82 Å². The molecule has 1 N–H and O–H groups in total. The molecular formula is C18H20N6. The molecule has 3 heterocycles. The zero-order valence-corrected chi connectivity index (χ0v) is 13.6. The molecule has 1 aromatic carbocycles. The van der Waals surface area contributed by atoms with E-state index in [2.05, 4.69) is 26.6 Å². The smallest absolute Gasteiger partial charge is 0.254 e. The van der Waals surface area contributed by atoms with Gasteiger partial charge in [-0.05, 0) is 31.2 Å². The first-order valence-corrected chi connectivity index (χ1v) is 8.70. The quantitative estimate of drug-likeness (QED) is 0.785. The zero-order valence-electron chi connectivity index (χ0n) is 13.6. The number of rotatable bonds is 2. The van der Waals surface area contributed by atoms with Gasteiger partial charge in [-0.15, -0.1) is 0 Å². The molecule has 0 atom stereocenters. The molecule has 24 heavy (non-hydrogen) atoms. The third-order valence-corrected chi connectivity index (χ3v) is 4.89. The van der Waals surface area contributed by atoms with Crippen molar-refractivity contribution in [1.82, 2.24) is 19.2 Å². The van der Waals surface area contributed by atoms with Crippen molar-refractivity contribution in [1.29, 1.82) is 0 Å². The zero-order chi connectivity index (χ0) is 15.9. The number of benzene rings is 1. The lowest BCUT2D eigenvalue weighted by Gasteiger charge is -2.24. The van der Waals surface area contributed by atoms with Gasteiger partial charge in [-0.1, -0.05) is 30.3 Å². The summed E-state index contributed by atoms with van der Waals surface area (Å²) in [7, 11) is 0. The summed E-state index contributed by atoms with van der Waals surface area (Å²) in [4.78, 5) is 14.3. The van der Waals surface area contributed by atoms with Crippen LogP contribution in [0.1, 0.15) is 29.7 Å². The summed E-state index contributed by atoms with van der Waals surface area (Å²) in [6, 6.07) is 10.3. The Morgan fingerprint density at radius 1 is 1.08 bits per heavy atom. The number of anilines is 1. The van der Waals surface area contributed by atoms with Gasteiger partial charge in [-0.3, -0.25) is 0 Å². The Bertz CT molecular complexity index is 967. The average molecular weight is 320 g/mol. The number of hydrogen-bond donors (Lipinski definition) is 1. The van der Waals surface area contributed by atoms with Gasteiger partial charge in [-0.25, -0.2) is 14.7 Å². The summed E-state index contributed by atoms with van der Waals surface area (Å²) < 4.78 is 4.28. The molecular weight excluding hydrogens is 300 g/mol. The first-order valence-electron chi connectivity index (χ1n) is 8.70. The number of hydrogen-bond acceptors (Lipinski definition) is 4. The summed E-state index contributed by atoms with van der Waals surface area (Å²) >= 11 is 0. The van der Waals surface area contributed by atoms with Crippen LogP contribution in [-0.2, 0) is 25.9 Å². The molecule has 6 nitrogen and oxygen atoms in total. The third-order valence-electron chi connectivity index (χ3n) is 4.89. The van der Waals surface area contributed by atoms with E-state index in [9.17, 15) is 0 Å². The maximum absolute atomic E-state index is 4.83. The van der Waals surface area contributed by atoms with Gasteiger partial charge in [0, 0.05) is 12.1 Å². The summed E-state index contributed by atoms with van der Waals surface area (Å²) in [5, 5.41) is 3.56. The predicted octanol–water partition coefficient (Wildman–Crippen LogP) is 1.94. The van der Waals surface area contributed by atoms with Crippen molar-refractivity contribution >= 4 is 11.6 Å². The second-order valence-corrected chi connectivity index (χ2v) is 6.47. The Labute approximate surface area is 139 Å². The third kappa shape index (κ3) is 2.13. The van der Waals surface area contributed by atoms with Gasteiger partial charge in [0.25, 0.3) is 5.78 Å². The molecule has 0 unspecified atom stereocenters. The SMILES string of the molecule is c1ccc(CN=c2nc3nc4c(c5n3n2CCN5)CCCC4)cc1. The number of fused-ring (bicyclic) bond motifs is 2. The predicted molar refractivity (Wildman–Crippen MR) is 91.8 cm³/mol. The average Bonchev–Trinajstić information content (AvgIpc) is 3.00. The van der Waals surface area contributed by atoms with E-state index in [0.717, 1.165) is 37.3 Å². The first kappa shape index (κ1) is 13.8. The Hall–Kier alpha value is -2.63. The number of aromatic nitrogens is 4. The fraction of sp³-hybridized carbons (Fsp3) is 0.389.